The molecule has 1 saturated heterocycles. The van der Waals surface area contributed by atoms with E-state index in [0.717, 1.165) is 28.8 Å². The van der Waals surface area contributed by atoms with Crippen molar-refractivity contribution in [3.05, 3.63) is 11.6 Å². The Hall–Kier alpha value is -1.44. The number of imidazole rings is 1. The fourth-order valence-corrected chi connectivity index (χ4v) is 6.43. The van der Waals surface area contributed by atoms with Crippen molar-refractivity contribution in [3.8, 4) is 0 Å². The SMILES string of the molecule is CC1(C)O[C@@H]2[C@@H]3C[C@@H]3[C@@H](n3cnc4c(N[C@H](C5CCC5)C5CC5)nc(Cl)nc43)[C@@H]2O1. The van der Waals surface area contributed by atoms with E-state index in [9.17, 15) is 0 Å². The molecule has 0 amide bonds. The Morgan fingerprint density at radius 1 is 1.10 bits per heavy atom. The van der Waals surface area contributed by atoms with Gasteiger partial charge in [0.2, 0.25) is 5.28 Å². The van der Waals surface area contributed by atoms with E-state index in [2.05, 4.69) is 19.9 Å². The van der Waals surface area contributed by atoms with Gasteiger partial charge in [-0.3, -0.25) is 0 Å². The summed E-state index contributed by atoms with van der Waals surface area (Å²) in [5.41, 5.74) is 1.63. The second-order valence-corrected chi connectivity index (χ2v) is 10.8. The lowest BCUT2D eigenvalue weighted by Gasteiger charge is -2.35. The van der Waals surface area contributed by atoms with E-state index in [1.54, 1.807) is 0 Å². The Kier molecular flexibility index (Phi) is 3.68. The molecule has 0 unspecified atom stereocenters. The first-order chi connectivity index (χ1) is 14.5. The Balaban J connectivity index is 1.26. The fourth-order valence-electron chi connectivity index (χ4n) is 6.27. The van der Waals surface area contributed by atoms with Crippen molar-refractivity contribution in [2.24, 2.45) is 23.7 Å². The van der Waals surface area contributed by atoms with Gasteiger partial charge in [-0.1, -0.05) is 6.42 Å². The molecule has 4 aliphatic carbocycles. The average Bonchev–Trinajstić information content (AvgIpc) is 3.53. The molecule has 1 aliphatic heterocycles. The van der Waals surface area contributed by atoms with Crippen LogP contribution in [0.15, 0.2) is 6.33 Å². The monoisotopic (exact) mass is 429 g/mol. The maximum absolute atomic E-state index is 6.41. The smallest absolute Gasteiger partial charge is 0.226 e. The molecule has 6 atom stereocenters. The van der Waals surface area contributed by atoms with Crippen LogP contribution in [0.5, 0.6) is 0 Å². The summed E-state index contributed by atoms with van der Waals surface area (Å²) in [6.07, 6.45) is 9.89. The van der Waals surface area contributed by atoms with Crippen LogP contribution in [0.2, 0.25) is 5.28 Å². The number of fused-ring (bicyclic) bond motifs is 4. The maximum Gasteiger partial charge on any atom is 0.226 e. The van der Waals surface area contributed by atoms with E-state index >= 15 is 0 Å². The van der Waals surface area contributed by atoms with Crippen molar-refractivity contribution < 1.29 is 9.47 Å². The quantitative estimate of drug-likeness (QED) is 0.718. The second kappa shape index (κ2) is 6.08. The third-order valence-electron chi connectivity index (χ3n) is 8.06. The molecule has 8 heteroatoms. The zero-order valence-electron chi connectivity index (χ0n) is 17.4. The minimum Gasteiger partial charge on any atom is -0.365 e. The summed E-state index contributed by atoms with van der Waals surface area (Å²) < 4.78 is 14.7. The molecule has 5 fully saturated rings. The second-order valence-electron chi connectivity index (χ2n) is 10.5. The normalized spacial score (nSPS) is 37.6. The summed E-state index contributed by atoms with van der Waals surface area (Å²) in [6, 6.07) is 0.672. The summed E-state index contributed by atoms with van der Waals surface area (Å²) in [5, 5.41) is 4.02. The van der Waals surface area contributed by atoms with E-state index in [1.807, 2.05) is 20.2 Å². The largest absolute Gasteiger partial charge is 0.365 e. The van der Waals surface area contributed by atoms with Gasteiger partial charge < -0.3 is 19.4 Å². The topological polar surface area (TPSA) is 74.1 Å². The molecule has 7 nitrogen and oxygen atoms in total. The van der Waals surface area contributed by atoms with Crippen LogP contribution in [0.25, 0.3) is 11.2 Å². The molecule has 2 aromatic rings. The van der Waals surface area contributed by atoms with Gasteiger partial charge >= 0.3 is 0 Å². The van der Waals surface area contributed by atoms with Crippen molar-refractivity contribution >= 4 is 28.6 Å². The number of hydrogen-bond donors (Lipinski definition) is 1. The minimum atomic E-state index is -0.531. The molecule has 3 heterocycles. The van der Waals surface area contributed by atoms with Gasteiger partial charge in [0.15, 0.2) is 22.8 Å². The van der Waals surface area contributed by atoms with E-state index in [-0.39, 0.29) is 23.5 Å². The van der Waals surface area contributed by atoms with Gasteiger partial charge in [-0.2, -0.15) is 9.97 Å². The number of hydrogen-bond acceptors (Lipinski definition) is 6. The Morgan fingerprint density at radius 2 is 1.87 bits per heavy atom. The van der Waals surface area contributed by atoms with Crippen LogP contribution in [0.4, 0.5) is 5.82 Å². The van der Waals surface area contributed by atoms with Gasteiger partial charge in [-0.25, -0.2) is 4.98 Å². The highest BCUT2D eigenvalue weighted by atomic mass is 35.5. The molecule has 160 valence electrons. The molecular formula is C22H28ClN5O2. The molecule has 7 rings (SSSR count). The van der Waals surface area contributed by atoms with Crippen LogP contribution in [0.3, 0.4) is 0 Å². The molecule has 5 aliphatic rings. The Morgan fingerprint density at radius 3 is 2.60 bits per heavy atom. The molecule has 0 spiro atoms. The lowest BCUT2D eigenvalue weighted by atomic mass is 9.78. The summed E-state index contributed by atoms with van der Waals surface area (Å²) in [4.78, 5) is 13.9. The third-order valence-corrected chi connectivity index (χ3v) is 8.23. The zero-order chi connectivity index (χ0) is 20.2. The van der Waals surface area contributed by atoms with E-state index in [1.165, 1.54) is 38.5 Å². The van der Waals surface area contributed by atoms with Crippen molar-refractivity contribution in [1.82, 2.24) is 19.5 Å². The van der Waals surface area contributed by atoms with Gasteiger partial charge in [-0.15, -0.1) is 0 Å². The average molecular weight is 430 g/mol. The summed E-state index contributed by atoms with van der Waals surface area (Å²) >= 11 is 6.41. The predicted octanol–water partition coefficient (Wildman–Crippen LogP) is 4.18. The van der Waals surface area contributed by atoms with Gasteiger partial charge in [-0.05, 0) is 81.2 Å². The zero-order valence-corrected chi connectivity index (χ0v) is 18.2. The first-order valence-electron chi connectivity index (χ1n) is 11.5. The van der Waals surface area contributed by atoms with Gasteiger partial charge in [0.05, 0.1) is 18.5 Å². The highest BCUT2D eigenvalue weighted by Gasteiger charge is 2.66. The van der Waals surface area contributed by atoms with Crippen LogP contribution < -0.4 is 5.32 Å². The third kappa shape index (κ3) is 2.67. The lowest BCUT2D eigenvalue weighted by Crippen LogP contribution is -2.35. The van der Waals surface area contributed by atoms with Crippen molar-refractivity contribution in [1.29, 1.82) is 0 Å². The highest BCUT2D eigenvalue weighted by Crippen LogP contribution is 2.63. The standard InChI is InChI=1S/C22H28ClN5O2/c1-22(2)29-17-13-8-12(13)16(18(17)30-22)28-9-24-15-19(26-21(23)27-20(15)28)25-14(11-6-7-11)10-4-3-5-10/h9-14,16-18H,3-8H2,1-2H3,(H,25,26,27)/t12-,13+,14+,16+,17+,18-/m0/s1. The van der Waals surface area contributed by atoms with Crippen LogP contribution in [0, 0.1) is 23.7 Å². The molecular weight excluding hydrogens is 402 g/mol. The molecule has 1 N–H and O–H groups in total. The van der Waals surface area contributed by atoms with Crippen molar-refractivity contribution in [2.75, 3.05) is 5.32 Å². The first kappa shape index (κ1) is 18.2. The number of anilines is 1. The Labute approximate surface area is 180 Å². The van der Waals surface area contributed by atoms with E-state index in [0.29, 0.717) is 17.9 Å². The van der Waals surface area contributed by atoms with Crippen LogP contribution in [-0.2, 0) is 9.47 Å². The highest BCUT2D eigenvalue weighted by molar-refractivity contribution is 6.28. The molecule has 2 aromatic heterocycles. The number of nitrogens with zero attached hydrogens (tertiary/aromatic N) is 4. The number of halogens is 1. The minimum absolute atomic E-state index is 0.0421. The Bertz CT molecular complexity index is 1020. The number of rotatable bonds is 5. The van der Waals surface area contributed by atoms with E-state index < -0.39 is 5.79 Å². The van der Waals surface area contributed by atoms with Crippen molar-refractivity contribution in [3.63, 3.8) is 0 Å². The van der Waals surface area contributed by atoms with Gasteiger partial charge in [0.1, 0.15) is 6.10 Å². The van der Waals surface area contributed by atoms with Crippen LogP contribution in [-0.4, -0.2) is 43.6 Å². The number of nitrogens with one attached hydrogen (secondary N) is 1. The summed E-state index contributed by atoms with van der Waals surface area (Å²) in [5.74, 6) is 2.91. The molecule has 30 heavy (non-hydrogen) atoms. The maximum atomic E-state index is 6.41. The van der Waals surface area contributed by atoms with Gasteiger partial charge in [0, 0.05) is 6.04 Å². The molecule has 4 saturated carbocycles. The number of ether oxygens (including phenoxy) is 2. The van der Waals surface area contributed by atoms with Crippen molar-refractivity contribution in [2.45, 2.75) is 82.5 Å². The number of aromatic nitrogens is 4. The summed E-state index contributed by atoms with van der Waals surface area (Å²) in [7, 11) is 0. The lowest BCUT2D eigenvalue weighted by molar-refractivity contribution is -0.156. The first-order valence-corrected chi connectivity index (χ1v) is 11.9. The van der Waals surface area contributed by atoms with Crippen LogP contribution >= 0.6 is 11.6 Å². The molecule has 0 aromatic carbocycles. The van der Waals surface area contributed by atoms with E-state index in [4.69, 9.17) is 26.1 Å². The predicted molar refractivity (Wildman–Crippen MR) is 112 cm³/mol. The fraction of sp³-hybridized carbons (Fsp3) is 0.773. The molecule has 0 bridgehead atoms. The van der Waals surface area contributed by atoms with Crippen LogP contribution in [0.1, 0.15) is 58.4 Å². The van der Waals surface area contributed by atoms with Gasteiger partial charge in [0.25, 0.3) is 0 Å². The molecule has 0 radical (unpaired) electrons. The summed E-state index contributed by atoms with van der Waals surface area (Å²) in [6.45, 7) is 4.01.